The lowest BCUT2D eigenvalue weighted by Gasteiger charge is -2.12. The van der Waals surface area contributed by atoms with Crippen molar-refractivity contribution in [2.45, 2.75) is 19.9 Å². The lowest BCUT2D eigenvalue weighted by atomic mass is 10.0. The summed E-state index contributed by atoms with van der Waals surface area (Å²) in [5.74, 6) is 0. The van der Waals surface area contributed by atoms with Gasteiger partial charge in [-0.25, -0.2) is 4.68 Å². The molecule has 2 aromatic rings. The summed E-state index contributed by atoms with van der Waals surface area (Å²) in [6, 6.07) is -0.280. The largest absolute Gasteiger partial charge is 0.319 e. The minimum atomic E-state index is -0.280. The van der Waals surface area contributed by atoms with E-state index >= 15 is 0 Å². The van der Waals surface area contributed by atoms with Crippen molar-refractivity contribution in [2.75, 3.05) is 0 Å². The predicted octanol–water partition coefficient (Wildman–Crippen LogP) is 0.976. The van der Waals surface area contributed by atoms with Gasteiger partial charge >= 0.3 is 0 Å². The van der Waals surface area contributed by atoms with Crippen LogP contribution in [-0.4, -0.2) is 24.8 Å². The number of hydrogen-bond donors (Lipinski definition) is 1. The third-order valence-corrected chi connectivity index (χ3v) is 3.56. The van der Waals surface area contributed by atoms with Crippen molar-refractivity contribution in [1.29, 1.82) is 0 Å². The molecule has 6 nitrogen and oxygen atoms in total. The van der Waals surface area contributed by atoms with Crippen LogP contribution < -0.4 is 5.73 Å². The zero-order valence-corrected chi connectivity index (χ0v) is 11.9. The first kappa shape index (κ1) is 12.3. The zero-order chi connectivity index (χ0) is 12.7. The molecular formula is C10H15BrN6. The van der Waals surface area contributed by atoms with Crippen LogP contribution in [0, 0.1) is 13.8 Å². The Labute approximate surface area is 108 Å². The Morgan fingerprint density at radius 1 is 1.24 bits per heavy atom. The highest BCUT2D eigenvalue weighted by Gasteiger charge is 2.23. The van der Waals surface area contributed by atoms with Gasteiger partial charge in [0.25, 0.3) is 0 Å². The number of hydrogen-bond acceptors (Lipinski definition) is 4. The third kappa shape index (κ3) is 1.89. The van der Waals surface area contributed by atoms with E-state index in [0.29, 0.717) is 4.60 Å². The maximum absolute atomic E-state index is 6.29. The average molecular weight is 299 g/mol. The first-order chi connectivity index (χ1) is 7.93. The molecule has 2 rings (SSSR count). The van der Waals surface area contributed by atoms with Gasteiger partial charge in [-0.1, -0.05) is 5.21 Å². The van der Waals surface area contributed by atoms with Crippen LogP contribution >= 0.6 is 15.9 Å². The quantitative estimate of drug-likeness (QED) is 0.897. The molecule has 0 spiro atoms. The van der Waals surface area contributed by atoms with E-state index in [9.17, 15) is 0 Å². The summed E-state index contributed by atoms with van der Waals surface area (Å²) >= 11 is 3.37. The summed E-state index contributed by atoms with van der Waals surface area (Å²) in [5, 5.41) is 12.3. The van der Waals surface area contributed by atoms with Crippen LogP contribution in [-0.2, 0) is 14.1 Å². The molecule has 7 heteroatoms. The second-order valence-electron chi connectivity index (χ2n) is 4.07. The smallest absolute Gasteiger partial charge is 0.153 e. The van der Waals surface area contributed by atoms with Gasteiger partial charge in [-0.3, -0.25) is 4.68 Å². The van der Waals surface area contributed by atoms with E-state index in [-0.39, 0.29) is 6.04 Å². The Bertz CT molecular complexity index is 536. The van der Waals surface area contributed by atoms with Gasteiger partial charge in [-0.15, -0.1) is 5.10 Å². The molecule has 92 valence electrons. The van der Waals surface area contributed by atoms with Gasteiger partial charge in [0.05, 0.1) is 17.4 Å². The molecular weight excluding hydrogens is 284 g/mol. The molecule has 1 atom stereocenters. The first-order valence-corrected chi connectivity index (χ1v) is 6.03. The van der Waals surface area contributed by atoms with Gasteiger partial charge in [0.15, 0.2) is 4.60 Å². The van der Waals surface area contributed by atoms with Crippen LogP contribution in [0.5, 0.6) is 0 Å². The summed E-state index contributed by atoms with van der Waals surface area (Å²) in [7, 11) is 3.74. The van der Waals surface area contributed by atoms with Gasteiger partial charge in [0.1, 0.15) is 0 Å². The topological polar surface area (TPSA) is 74.6 Å². The number of aromatic nitrogens is 5. The standard InChI is InChI=1S/C10H15BrN6/c1-5-7(6(2)16(3)14-5)8(12)9-10(11)13-15-17(9)4/h8H,12H2,1-4H3. The highest BCUT2D eigenvalue weighted by atomic mass is 79.9. The molecule has 0 aliphatic heterocycles. The molecule has 0 aliphatic carbocycles. The van der Waals surface area contributed by atoms with Crippen LogP contribution in [0.1, 0.15) is 28.7 Å². The number of aryl methyl sites for hydroxylation is 3. The Hall–Kier alpha value is -1.21. The van der Waals surface area contributed by atoms with Crippen molar-refractivity contribution in [1.82, 2.24) is 24.8 Å². The first-order valence-electron chi connectivity index (χ1n) is 5.24. The van der Waals surface area contributed by atoms with Crippen molar-refractivity contribution in [2.24, 2.45) is 19.8 Å². The molecule has 0 bridgehead atoms. The normalized spacial score (nSPS) is 13.1. The molecule has 2 aromatic heterocycles. The summed E-state index contributed by atoms with van der Waals surface area (Å²) in [6.45, 7) is 3.97. The fourth-order valence-electron chi connectivity index (χ4n) is 2.05. The molecule has 1 unspecified atom stereocenters. The van der Waals surface area contributed by atoms with E-state index in [4.69, 9.17) is 5.73 Å². The van der Waals surface area contributed by atoms with Crippen molar-refractivity contribution in [3.8, 4) is 0 Å². The van der Waals surface area contributed by atoms with E-state index in [1.807, 2.05) is 32.6 Å². The molecule has 0 fully saturated rings. The zero-order valence-electron chi connectivity index (χ0n) is 10.3. The van der Waals surface area contributed by atoms with Crippen LogP contribution in [0.15, 0.2) is 4.60 Å². The molecule has 0 radical (unpaired) electrons. The second kappa shape index (κ2) is 4.23. The average Bonchev–Trinajstić information content (AvgIpc) is 2.69. The molecule has 0 saturated carbocycles. The number of nitrogens with two attached hydrogens (primary N) is 1. The van der Waals surface area contributed by atoms with Crippen LogP contribution in [0.3, 0.4) is 0 Å². The molecule has 0 amide bonds. The summed E-state index contributed by atoms with van der Waals surface area (Å²) in [6.07, 6.45) is 0. The Morgan fingerprint density at radius 3 is 2.29 bits per heavy atom. The van der Waals surface area contributed by atoms with Crippen molar-refractivity contribution < 1.29 is 0 Å². The maximum atomic E-state index is 6.29. The van der Waals surface area contributed by atoms with E-state index in [2.05, 4.69) is 31.3 Å². The van der Waals surface area contributed by atoms with Gasteiger partial charge in [0, 0.05) is 25.4 Å². The van der Waals surface area contributed by atoms with Crippen LogP contribution in [0.2, 0.25) is 0 Å². The predicted molar refractivity (Wildman–Crippen MR) is 67.4 cm³/mol. The highest BCUT2D eigenvalue weighted by Crippen LogP contribution is 2.28. The molecule has 0 saturated heterocycles. The Balaban J connectivity index is 2.54. The van der Waals surface area contributed by atoms with Crippen molar-refractivity contribution >= 4 is 15.9 Å². The van der Waals surface area contributed by atoms with E-state index in [1.54, 1.807) is 4.68 Å². The SMILES string of the molecule is Cc1nn(C)c(C)c1C(N)c1c(Br)nnn1C. The highest BCUT2D eigenvalue weighted by molar-refractivity contribution is 9.10. The summed E-state index contributed by atoms with van der Waals surface area (Å²) in [4.78, 5) is 0. The van der Waals surface area contributed by atoms with E-state index in [1.165, 1.54) is 0 Å². The summed E-state index contributed by atoms with van der Waals surface area (Å²) < 4.78 is 4.19. The van der Waals surface area contributed by atoms with Gasteiger partial charge < -0.3 is 5.73 Å². The summed E-state index contributed by atoms with van der Waals surface area (Å²) in [5.41, 5.74) is 10.2. The minimum Gasteiger partial charge on any atom is -0.319 e. The second-order valence-corrected chi connectivity index (χ2v) is 4.83. The number of nitrogens with zero attached hydrogens (tertiary/aromatic N) is 5. The van der Waals surface area contributed by atoms with Crippen LogP contribution in [0.25, 0.3) is 0 Å². The lowest BCUT2D eigenvalue weighted by Crippen LogP contribution is -2.18. The van der Waals surface area contributed by atoms with Crippen molar-refractivity contribution in [3.05, 3.63) is 27.2 Å². The molecule has 2 N–H and O–H groups in total. The number of rotatable bonds is 2. The molecule has 0 aromatic carbocycles. The lowest BCUT2D eigenvalue weighted by molar-refractivity contribution is 0.647. The van der Waals surface area contributed by atoms with E-state index in [0.717, 1.165) is 22.6 Å². The molecule has 2 heterocycles. The minimum absolute atomic E-state index is 0.280. The van der Waals surface area contributed by atoms with Gasteiger partial charge in [-0.2, -0.15) is 5.10 Å². The Kier molecular flexibility index (Phi) is 3.05. The van der Waals surface area contributed by atoms with Gasteiger partial charge in [0.2, 0.25) is 0 Å². The fraction of sp³-hybridized carbons (Fsp3) is 0.500. The monoisotopic (exact) mass is 298 g/mol. The maximum Gasteiger partial charge on any atom is 0.153 e. The Morgan fingerprint density at radius 2 is 1.88 bits per heavy atom. The van der Waals surface area contributed by atoms with E-state index < -0.39 is 0 Å². The molecule has 17 heavy (non-hydrogen) atoms. The fourth-order valence-corrected chi connectivity index (χ4v) is 2.62. The van der Waals surface area contributed by atoms with Crippen molar-refractivity contribution in [3.63, 3.8) is 0 Å². The van der Waals surface area contributed by atoms with Gasteiger partial charge in [-0.05, 0) is 29.8 Å². The third-order valence-electron chi connectivity index (χ3n) is 3.00. The molecule has 0 aliphatic rings. The number of halogens is 1. The van der Waals surface area contributed by atoms with Crippen LogP contribution in [0.4, 0.5) is 0 Å².